The van der Waals surface area contributed by atoms with Crippen LogP contribution in [0.25, 0.3) is 0 Å². The van der Waals surface area contributed by atoms with Crippen molar-refractivity contribution in [2.75, 3.05) is 6.61 Å². The summed E-state index contributed by atoms with van der Waals surface area (Å²) >= 11 is 0. The van der Waals surface area contributed by atoms with Crippen LogP contribution in [0.3, 0.4) is 0 Å². The van der Waals surface area contributed by atoms with Crippen molar-refractivity contribution in [3.8, 4) is 0 Å². The second-order valence-corrected chi connectivity index (χ2v) is 5.53. The van der Waals surface area contributed by atoms with E-state index in [2.05, 4.69) is 6.92 Å². The van der Waals surface area contributed by atoms with Crippen molar-refractivity contribution in [3.63, 3.8) is 0 Å². The minimum Gasteiger partial charge on any atom is -0.447 e. The number of allylic oxidation sites excluding steroid dienone is 1. The van der Waals surface area contributed by atoms with Gasteiger partial charge < -0.3 is 4.74 Å². The zero-order valence-electron chi connectivity index (χ0n) is 13.0. The predicted octanol–water partition coefficient (Wildman–Crippen LogP) is 3.71. The Hall–Kier alpha value is -2.10. The molecule has 4 nitrogen and oxygen atoms in total. The molecule has 1 aromatic carbocycles. The third-order valence-electron chi connectivity index (χ3n) is 3.75. The van der Waals surface area contributed by atoms with Crippen LogP contribution in [0.1, 0.15) is 38.2 Å². The molecule has 0 saturated carbocycles. The molecular formula is C18H23NO3. The van der Waals surface area contributed by atoms with Crippen LogP contribution in [0, 0.1) is 0 Å². The largest absolute Gasteiger partial charge is 0.447 e. The van der Waals surface area contributed by atoms with E-state index in [1.807, 2.05) is 36.4 Å². The van der Waals surface area contributed by atoms with Gasteiger partial charge in [0.2, 0.25) is 0 Å². The van der Waals surface area contributed by atoms with Crippen molar-refractivity contribution in [1.82, 2.24) is 4.90 Å². The Kier molecular flexibility index (Phi) is 6.19. The Morgan fingerprint density at radius 2 is 2.09 bits per heavy atom. The van der Waals surface area contributed by atoms with E-state index in [9.17, 15) is 9.59 Å². The number of benzene rings is 1. The number of unbranched alkanes of at least 4 members (excludes halogenated alkanes) is 3. The molecule has 22 heavy (non-hydrogen) atoms. The molecule has 2 amide bonds. The van der Waals surface area contributed by atoms with E-state index < -0.39 is 6.09 Å². The molecule has 0 spiro atoms. The van der Waals surface area contributed by atoms with Gasteiger partial charge in [-0.2, -0.15) is 0 Å². The summed E-state index contributed by atoms with van der Waals surface area (Å²) in [4.78, 5) is 25.3. The van der Waals surface area contributed by atoms with Crippen LogP contribution >= 0.6 is 0 Å². The molecule has 0 unspecified atom stereocenters. The second kappa shape index (κ2) is 8.37. The SMILES string of the molecule is CCCCC/C=C/C(=O)N1C(=O)OC[C@@H]1Cc1ccccc1. The Morgan fingerprint density at radius 1 is 1.32 bits per heavy atom. The van der Waals surface area contributed by atoms with E-state index in [1.165, 1.54) is 11.0 Å². The van der Waals surface area contributed by atoms with Gasteiger partial charge in [0.25, 0.3) is 5.91 Å². The van der Waals surface area contributed by atoms with Crippen molar-refractivity contribution < 1.29 is 14.3 Å². The van der Waals surface area contributed by atoms with E-state index in [1.54, 1.807) is 0 Å². The fourth-order valence-electron chi connectivity index (χ4n) is 2.54. The third kappa shape index (κ3) is 4.45. The highest BCUT2D eigenvalue weighted by Crippen LogP contribution is 2.18. The summed E-state index contributed by atoms with van der Waals surface area (Å²) in [6, 6.07) is 9.61. The zero-order valence-corrected chi connectivity index (χ0v) is 13.0. The molecule has 4 heteroatoms. The lowest BCUT2D eigenvalue weighted by atomic mass is 10.1. The van der Waals surface area contributed by atoms with Gasteiger partial charge in [0.1, 0.15) is 6.61 Å². The van der Waals surface area contributed by atoms with Crippen molar-refractivity contribution in [1.29, 1.82) is 0 Å². The predicted molar refractivity (Wildman–Crippen MR) is 85.4 cm³/mol. The number of ether oxygens (including phenoxy) is 1. The highest BCUT2D eigenvalue weighted by molar-refractivity contribution is 5.99. The number of hydrogen-bond donors (Lipinski definition) is 0. The first-order valence-corrected chi connectivity index (χ1v) is 7.92. The lowest BCUT2D eigenvalue weighted by molar-refractivity contribution is -0.124. The van der Waals surface area contributed by atoms with Gasteiger partial charge >= 0.3 is 6.09 Å². The monoisotopic (exact) mass is 301 g/mol. The molecule has 1 aliphatic rings. The molecule has 1 aliphatic heterocycles. The van der Waals surface area contributed by atoms with Gasteiger partial charge in [-0.25, -0.2) is 9.69 Å². The van der Waals surface area contributed by atoms with Crippen LogP contribution in [0.5, 0.6) is 0 Å². The quantitative estimate of drug-likeness (QED) is 0.569. The summed E-state index contributed by atoms with van der Waals surface area (Å²) in [5, 5.41) is 0. The molecule has 118 valence electrons. The minimum absolute atomic E-state index is 0.220. The summed E-state index contributed by atoms with van der Waals surface area (Å²) in [6.07, 6.45) is 7.68. The maximum Gasteiger partial charge on any atom is 0.417 e. The van der Waals surface area contributed by atoms with Crippen molar-refractivity contribution in [2.24, 2.45) is 0 Å². The molecule has 0 bridgehead atoms. The summed E-state index contributed by atoms with van der Waals surface area (Å²) in [7, 11) is 0. The molecule has 0 aliphatic carbocycles. The lowest BCUT2D eigenvalue weighted by Gasteiger charge is -2.18. The normalized spacial score (nSPS) is 18.0. The molecule has 2 rings (SSSR count). The Bertz CT molecular complexity index is 524. The third-order valence-corrected chi connectivity index (χ3v) is 3.75. The molecule has 1 atom stereocenters. The summed E-state index contributed by atoms with van der Waals surface area (Å²) < 4.78 is 5.05. The first-order valence-electron chi connectivity index (χ1n) is 7.92. The van der Waals surface area contributed by atoms with Crippen LogP contribution in [-0.4, -0.2) is 29.5 Å². The van der Waals surface area contributed by atoms with E-state index in [0.717, 1.165) is 31.2 Å². The molecule has 0 aromatic heterocycles. The van der Waals surface area contributed by atoms with E-state index in [0.29, 0.717) is 6.42 Å². The van der Waals surface area contributed by atoms with Crippen molar-refractivity contribution >= 4 is 12.0 Å². The van der Waals surface area contributed by atoms with E-state index >= 15 is 0 Å². The van der Waals surface area contributed by atoms with Crippen LogP contribution in [0.2, 0.25) is 0 Å². The van der Waals surface area contributed by atoms with Gasteiger partial charge in [0.05, 0.1) is 6.04 Å². The maximum absolute atomic E-state index is 12.2. The van der Waals surface area contributed by atoms with Gasteiger partial charge in [0.15, 0.2) is 0 Å². The number of amides is 2. The van der Waals surface area contributed by atoms with E-state index in [4.69, 9.17) is 4.74 Å². The molecule has 1 heterocycles. The van der Waals surface area contributed by atoms with Crippen molar-refractivity contribution in [3.05, 3.63) is 48.0 Å². The highest BCUT2D eigenvalue weighted by Gasteiger charge is 2.36. The minimum atomic E-state index is -0.538. The van der Waals surface area contributed by atoms with Crippen LogP contribution in [-0.2, 0) is 16.0 Å². The van der Waals surface area contributed by atoms with Gasteiger partial charge in [-0.3, -0.25) is 4.79 Å². The van der Waals surface area contributed by atoms with Gasteiger partial charge in [-0.05, 0) is 30.9 Å². The Labute approximate surface area is 131 Å². The van der Waals surface area contributed by atoms with Gasteiger partial charge in [-0.15, -0.1) is 0 Å². The number of nitrogens with zero attached hydrogens (tertiary/aromatic N) is 1. The van der Waals surface area contributed by atoms with Gasteiger partial charge in [-0.1, -0.05) is 56.2 Å². The van der Waals surface area contributed by atoms with Crippen LogP contribution in [0.15, 0.2) is 42.5 Å². The summed E-state index contributed by atoms with van der Waals surface area (Å²) in [5.74, 6) is -0.278. The van der Waals surface area contributed by atoms with Crippen LogP contribution in [0.4, 0.5) is 4.79 Å². The summed E-state index contributed by atoms with van der Waals surface area (Å²) in [6.45, 7) is 2.41. The van der Waals surface area contributed by atoms with Gasteiger partial charge in [0, 0.05) is 0 Å². The smallest absolute Gasteiger partial charge is 0.417 e. The number of carbonyl (C=O) groups is 2. The Balaban J connectivity index is 1.94. The zero-order chi connectivity index (χ0) is 15.8. The molecule has 0 radical (unpaired) electrons. The topological polar surface area (TPSA) is 46.6 Å². The van der Waals surface area contributed by atoms with E-state index in [-0.39, 0.29) is 18.6 Å². The average Bonchev–Trinajstić information content (AvgIpc) is 2.88. The lowest BCUT2D eigenvalue weighted by Crippen LogP contribution is -2.39. The highest BCUT2D eigenvalue weighted by atomic mass is 16.6. The maximum atomic E-state index is 12.2. The van der Waals surface area contributed by atoms with Crippen LogP contribution < -0.4 is 0 Å². The second-order valence-electron chi connectivity index (χ2n) is 5.53. The fraction of sp³-hybridized carbons (Fsp3) is 0.444. The summed E-state index contributed by atoms with van der Waals surface area (Å²) in [5.41, 5.74) is 1.09. The first-order chi connectivity index (χ1) is 10.7. The first kappa shape index (κ1) is 16.3. The molecule has 0 N–H and O–H groups in total. The van der Waals surface area contributed by atoms with Crippen molar-refractivity contribution in [2.45, 2.75) is 45.1 Å². The molecule has 1 saturated heterocycles. The fourth-order valence-corrected chi connectivity index (χ4v) is 2.54. The standard InChI is InChI=1S/C18H23NO3/c1-2-3-4-5-9-12-17(20)19-16(14-22-18(19)21)13-15-10-7-6-8-11-15/h6-12,16H,2-5,13-14H2,1H3/b12-9+/t16-/m0/s1. The number of imide groups is 1. The number of rotatable bonds is 7. The molecule has 1 fully saturated rings. The molecular weight excluding hydrogens is 278 g/mol. The molecule has 1 aromatic rings. The number of carbonyl (C=O) groups excluding carboxylic acids is 2. The number of hydrogen-bond acceptors (Lipinski definition) is 3. The Morgan fingerprint density at radius 3 is 2.82 bits per heavy atom. The number of cyclic esters (lactones) is 1. The average molecular weight is 301 g/mol.